The molecule has 12 heavy (non-hydrogen) atoms. The summed E-state index contributed by atoms with van der Waals surface area (Å²) < 4.78 is 0. The topological polar surface area (TPSA) is 56.6 Å². The molecule has 4 nitrogen and oxygen atoms in total. The molecule has 0 aromatic carbocycles. The van der Waals surface area contributed by atoms with Gasteiger partial charge in [0.15, 0.2) is 5.96 Å². The van der Waals surface area contributed by atoms with Gasteiger partial charge in [0.2, 0.25) is 0 Å². The van der Waals surface area contributed by atoms with Gasteiger partial charge in [0.05, 0.1) is 6.54 Å². The first-order chi connectivity index (χ1) is 5.83. The Kier molecular flexibility index (Phi) is 3.87. The average molecular weight is 171 g/mol. The van der Waals surface area contributed by atoms with E-state index in [1.54, 1.807) is 0 Å². The van der Waals surface area contributed by atoms with Crippen LogP contribution in [0.2, 0.25) is 0 Å². The fourth-order valence-corrected chi connectivity index (χ4v) is 1.11. The van der Waals surface area contributed by atoms with Crippen molar-refractivity contribution < 1.29 is 5.11 Å². The molecule has 4 heteroatoms. The predicted octanol–water partition coefficient (Wildman–Crippen LogP) is -0.446. The number of aliphatic hydroxyl groups is 1. The van der Waals surface area contributed by atoms with Crippen molar-refractivity contribution in [2.75, 3.05) is 26.2 Å². The molecule has 1 aliphatic rings. The van der Waals surface area contributed by atoms with E-state index in [4.69, 9.17) is 5.11 Å². The van der Waals surface area contributed by atoms with Crippen molar-refractivity contribution in [3.63, 3.8) is 0 Å². The summed E-state index contributed by atoms with van der Waals surface area (Å²) in [4.78, 5) is 4.20. The number of rotatable bonds is 4. The minimum Gasteiger partial charge on any atom is -0.396 e. The highest BCUT2D eigenvalue weighted by atomic mass is 16.3. The molecule has 1 rings (SSSR count). The lowest BCUT2D eigenvalue weighted by Gasteiger charge is -2.11. The van der Waals surface area contributed by atoms with Crippen molar-refractivity contribution in [2.45, 2.75) is 13.3 Å². The molecule has 1 aliphatic heterocycles. The number of hydrogen-bond donors (Lipinski definition) is 3. The molecule has 0 radical (unpaired) electrons. The lowest BCUT2D eigenvalue weighted by molar-refractivity contribution is 0.262. The van der Waals surface area contributed by atoms with Gasteiger partial charge in [-0.15, -0.1) is 0 Å². The third-order valence-electron chi connectivity index (χ3n) is 1.91. The molecule has 0 aromatic heterocycles. The van der Waals surface area contributed by atoms with Crippen LogP contribution in [0.3, 0.4) is 0 Å². The highest BCUT2D eigenvalue weighted by Crippen LogP contribution is 1.97. The average Bonchev–Trinajstić information content (AvgIpc) is 2.53. The summed E-state index contributed by atoms with van der Waals surface area (Å²) in [5, 5.41) is 15.0. The molecule has 0 amide bonds. The summed E-state index contributed by atoms with van der Waals surface area (Å²) in [6.07, 6.45) is 0.848. The zero-order valence-corrected chi connectivity index (χ0v) is 7.51. The maximum Gasteiger partial charge on any atom is 0.191 e. The van der Waals surface area contributed by atoms with E-state index in [0.717, 1.165) is 32.0 Å². The number of aliphatic imine (C=N–C) groups is 1. The summed E-state index contributed by atoms with van der Waals surface area (Å²) in [6.45, 7) is 5.07. The van der Waals surface area contributed by atoms with Crippen LogP contribution in [0, 0.1) is 5.92 Å². The van der Waals surface area contributed by atoms with Crippen LogP contribution in [0.15, 0.2) is 4.99 Å². The highest BCUT2D eigenvalue weighted by Gasteiger charge is 2.05. The maximum atomic E-state index is 8.65. The quantitative estimate of drug-likeness (QED) is 0.537. The van der Waals surface area contributed by atoms with Crippen LogP contribution < -0.4 is 10.6 Å². The molecule has 1 unspecified atom stereocenters. The first kappa shape index (κ1) is 9.32. The lowest BCUT2D eigenvalue weighted by Crippen LogP contribution is -2.36. The zero-order valence-electron chi connectivity index (χ0n) is 7.51. The molecule has 0 aromatic rings. The summed E-state index contributed by atoms with van der Waals surface area (Å²) >= 11 is 0. The van der Waals surface area contributed by atoms with Gasteiger partial charge >= 0.3 is 0 Å². The van der Waals surface area contributed by atoms with Gasteiger partial charge in [-0.3, -0.25) is 4.99 Å². The Balaban J connectivity index is 2.07. The molecule has 0 saturated carbocycles. The first-order valence-electron chi connectivity index (χ1n) is 4.46. The Labute approximate surface area is 73.1 Å². The molecule has 0 saturated heterocycles. The van der Waals surface area contributed by atoms with Gasteiger partial charge < -0.3 is 15.7 Å². The van der Waals surface area contributed by atoms with Crippen LogP contribution in [0.4, 0.5) is 0 Å². The van der Waals surface area contributed by atoms with Crippen LogP contribution >= 0.6 is 0 Å². The van der Waals surface area contributed by atoms with Crippen molar-refractivity contribution in [3.8, 4) is 0 Å². The predicted molar refractivity (Wildman–Crippen MR) is 49.2 cm³/mol. The van der Waals surface area contributed by atoms with Crippen molar-refractivity contribution in [3.05, 3.63) is 0 Å². The Morgan fingerprint density at radius 1 is 1.75 bits per heavy atom. The first-order valence-corrected chi connectivity index (χ1v) is 4.46. The smallest absolute Gasteiger partial charge is 0.191 e. The Hall–Kier alpha value is -0.770. The van der Waals surface area contributed by atoms with Gasteiger partial charge in [0.25, 0.3) is 0 Å². The van der Waals surface area contributed by atoms with Gasteiger partial charge in [-0.25, -0.2) is 0 Å². The minimum atomic E-state index is 0.267. The standard InChI is InChI=1S/C8H17N3O/c1-7(2-5-12)6-11-8-9-3-4-10-8/h7,12H,2-6H2,1H3,(H2,9,10,11). The second-order valence-corrected chi connectivity index (χ2v) is 3.16. The van der Waals surface area contributed by atoms with E-state index >= 15 is 0 Å². The van der Waals surface area contributed by atoms with E-state index in [9.17, 15) is 0 Å². The van der Waals surface area contributed by atoms with Crippen molar-refractivity contribution >= 4 is 5.96 Å². The molecule has 0 spiro atoms. The maximum absolute atomic E-state index is 8.65. The van der Waals surface area contributed by atoms with E-state index in [-0.39, 0.29) is 6.61 Å². The molecule has 1 atom stereocenters. The molecular formula is C8H17N3O. The number of guanidine groups is 1. The summed E-state index contributed by atoms with van der Waals surface area (Å²) in [6, 6.07) is 0. The number of hydrogen-bond acceptors (Lipinski definition) is 4. The molecule has 0 aliphatic carbocycles. The molecule has 0 bridgehead atoms. The number of aliphatic hydroxyl groups excluding tert-OH is 1. The molecule has 1 heterocycles. The third-order valence-corrected chi connectivity index (χ3v) is 1.91. The third kappa shape index (κ3) is 3.09. The van der Waals surface area contributed by atoms with Crippen molar-refractivity contribution in [1.82, 2.24) is 10.6 Å². The van der Waals surface area contributed by atoms with Gasteiger partial charge in [-0.05, 0) is 12.3 Å². The molecule has 0 fully saturated rings. The van der Waals surface area contributed by atoms with Crippen LogP contribution in [0.5, 0.6) is 0 Å². The van der Waals surface area contributed by atoms with Crippen LogP contribution in [-0.2, 0) is 0 Å². The zero-order chi connectivity index (χ0) is 8.81. The Bertz CT molecular complexity index is 158. The second kappa shape index (κ2) is 4.98. The lowest BCUT2D eigenvalue weighted by atomic mass is 10.1. The normalized spacial score (nSPS) is 18.3. The van der Waals surface area contributed by atoms with Crippen LogP contribution in [-0.4, -0.2) is 37.3 Å². The van der Waals surface area contributed by atoms with E-state index in [1.165, 1.54) is 0 Å². The fourth-order valence-electron chi connectivity index (χ4n) is 1.11. The van der Waals surface area contributed by atoms with Crippen molar-refractivity contribution in [2.24, 2.45) is 10.9 Å². The summed E-state index contributed by atoms with van der Waals surface area (Å²) in [5.74, 6) is 1.40. The van der Waals surface area contributed by atoms with Crippen molar-refractivity contribution in [1.29, 1.82) is 0 Å². The number of nitrogens with zero attached hydrogens (tertiary/aromatic N) is 1. The van der Waals surface area contributed by atoms with Gasteiger partial charge in [-0.2, -0.15) is 0 Å². The minimum absolute atomic E-state index is 0.267. The SMILES string of the molecule is CC(CCO)CNC1=NCCN1. The van der Waals surface area contributed by atoms with Gasteiger partial charge in [-0.1, -0.05) is 6.92 Å². The van der Waals surface area contributed by atoms with E-state index in [1.807, 2.05) is 0 Å². The van der Waals surface area contributed by atoms with Gasteiger partial charge in [0.1, 0.15) is 0 Å². The van der Waals surface area contributed by atoms with E-state index in [2.05, 4.69) is 22.5 Å². The molecule has 3 N–H and O–H groups in total. The second-order valence-electron chi connectivity index (χ2n) is 3.16. The molecular weight excluding hydrogens is 154 g/mol. The monoisotopic (exact) mass is 171 g/mol. The Morgan fingerprint density at radius 3 is 3.17 bits per heavy atom. The highest BCUT2D eigenvalue weighted by molar-refractivity contribution is 5.81. The summed E-state index contributed by atoms with van der Waals surface area (Å²) in [7, 11) is 0. The fraction of sp³-hybridized carbons (Fsp3) is 0.875. The van der Waals surface area contributed by atoms with E-state index < -0.39 is 0 Å². The largest absolute Gasteiger partial charge is 0.396 e. The Morgan fingerprint density at radius 2 is 2.58 bits per heavy atom. The number of nitrogens with one attached hydrogen (secondary N) is 2. The van der Waals surface area contributed by atoms with Gasteiger partial charge in [0, 0.05) is 19.7 Å². The van der Waals surface area contributed by atoms with Crippen LogP contribution in [0.1, 0.15) is 13.3 Å². The van der Waals surface area contributed by atoms with E-state index in [0.29, 0.717) is 5.92 Å². The summed E-state index contributed by atoms with van der Waals surface area (Å²) in [5.41, 5.74) is 0. The van der Waals surface area contributed by atoms with Crippen LogP contribution in [0.25, 0.3) is 0 Å². The molecule has 70 valence electrons.